The number of halogens is 8. The Hall–Kier alpha value is -6.94. The van der Waals surface area contributed by atoms with E-state index < -0.39 is 86.7 Å². The minimum atomic E-state index is -4.71. The predicted octanol–water partition coefficient (Wildman–Crippen LogP) is 13.0. The number of alkyl halides is 6. The Morgan fingerprint density at radius 3 is 2.14 bits per heavy atom. The summed E-state index contributed by atoms with van der Waals surface area (Å²) < 4.78 is 114. The molecule has 5 aromatic rings. The molecule has 542 valence electrons. The average molecular weight is 1510 g/mol. The third-order valence-corrected chi connectivity index (χ3v) is 18.7. The highest BCUT2D eigenvalue weighted by atomic mass is 35.5. The number of nitrogens with zero attached hydrogens (tertiary/aromatic N) is 4. The average Bonchev–Trinajstić information content (AvgIpc) is 1.70. The zero-order valence-electron chi connectivity index (χ0n) is 55.7. The summed E-state index contributed by atoms with van der Waals surface area (Å²) in [5.41, 5.74) is 8.33. The number of carbonyl (C=O) groups is 7. The fourth-order valence-electron chi connectivity index (χ4n) is 10.4. The van der Waals surface area contributed by atoms with Crippen LogP contribution in [0, 0.1) is 12.7 Å². The molecule has 4 aromatic carbocycles. The fraction of sp³-hybridized carbons (Fsp3) is 0.463. The summed E-state index contributed by atoms with van der Waals surface area (Å²) in [5.74, 6) is -3.61. The van der Waals surface area contributed by atoms with E-state index in [1.165, 1.54) is 18.9 Å². The van der Waals surface area contributed by atoms with Gasteiger partial charge in [-0.2, -0.15) is 13.2 Å². The van der Waals surface area contributed by atoms with Crippen LogP contribution >= 0.6 is 53.8 Å². The molecule has 9 rings (SSSR count). The monoisotopic (exact) mass is 1510 g/mol. The zero-order valence-corrected chi connectivity index (χ0v) is 60.4. The number of fused-ring (bicyclic) bond motifs is 1. The number of para-hydroxylation sites is 3. The van der Waals surface area contributed by atoms with E-state index in [4.69, 9.17) is 85.6 Å². The molecule has 32 heteroatoms. The number of carboxylic acid groups (broad SMARTS) is 1. The lowest BCUT2D eigenvalue weighted by Gasteiger charge is -2.35. The molecule has 4 N–H and O–H groups in total. The molecule has 1 saturated carbocycles. The summed E-state index contributed by atoms with van der Waals surface area (Å²) in [7, 11) is -5.51. The number of aliphatic carboxylic acids is 1. The molecule has 0 spiro atoms. The molecule has 4 unspecified atom stereocenters. The van der Waals surface area contributed by atoms with Gasteiger partial charge in [-0.1, -0.05) is 97.0 Å². The second-order valence-electron chi connectivity index (χ2n) is 23.5. The number of aryl methyl sites for hydroxylation is 2. The SMILES string of the molecule is CC1COc2ccccc2N1C(=O)C(Cl)Cl.CCCCCOC(=O)COc1cc(N2C(=O)C3=C(CCCC3)C2=O)c(F)cc1Cl.CCc1cccc(C)c1N(C(=O)CCl)C(C)COC.CP(=O)(O)CCC(N)C(=O)O.CS(=O)(=O)c1cc(C(F)(F)F)ccc1C(=O)c1cnoc1C1CC1. The number of imide groups is 1. The molecule has 99 heavy (non-hydrogen) atoms. The molecule has 22 nitrogen and oxygen atoms in total. The number of rotatable bonds is 23. The Balaban J connectivity index is 0.000000231. The number of hydrogen-bond acceptors (Lipinski definition) is 17. The highest BCUT2D eigenvalue weighted by molar-refractivity contribution is 7.90. The summed E-state index contributed by atoms with van der Waals surface area (Å²) in [4.78, 5) is 95.2. The number of hydrogen-bond donors (Lipinski definition) is 3. The molecule has 1 aromatic heterocycles. The number of aromatic nitrogens is 1. The van der Waals surface area contributed by atoms with Crippen LogP contribution in [0.15, 0.2) is 99.6 Å². The number of benzene rings is 4. The number of carbonyl (C=O) groups excluding carboxylic acids is 6. The number of ether oxygens (including phenoxy) is 4. The van der Waals surface area contributed by atoms with Crippen LogP contribution in [0.3, 0.4) is 0 Å². The second kappa shape index (κ2) is 37.6. The first kappa shape index (κ1) is 82.7. The van der Waals surface area contributed by atoms with Crippen LogP contribution in [-0.4, -0.2) is 146 Å². The quantitative estimate of drug-likeness (QED) is 0.0104. The zero-order chi connectivity index (χ0) is 73.9. The van der Waals surface area contributed by atoms with E-state index in [-0.39, 0.29) is 75.9 Å². The van der Waals surface area contributed by atoms with E-state index in [2.05, 4.69) is 18.1 Å². The van der Waals surface area contributed by atoms with Crippen molar-refractivity contribution in [2.75, 3.05) is 73.2 Å². The van der Waals surface area contributed by atoms with E-state index in [9.17, 15) is 64.1 Å². The first-order chi connectivity index (χ1) is 46.5. The molecule has 2 aliphatic carbocycles. The highest BCUT2D eigenvalue weighted by Crippen LogP contribution is 2.44. The van der Waals surface area contributed by atoms with Crippen LogP contribution in [0.2, 0.25) is 5.02 Å². The molecule has 0 radical (unpaired) electrons. The number of esters is 1. The van der Waals surface area contributed by atoms with Gasteiger partial charge < -0.3 is 49.0 Å². The van der Waals surface area contributed by atoms with E-state index in [0.29, 0.717) is 67.5 Å². The Bertz CT molecular complexity index is 3880. The van der Waals surface area contributed by atoms with E-state index in [0.717, 1.165) is 97.2 Å². The van der Waals surface area contributed by atoms with E-state index >= 15 is 0 Å². The fourth-order valence-corrected chi connectivity index (χ4v) is 12.6. The normalized spacial score (nSPS) is 16.1. The van der Waals surface area contributed by atoms with Gasteiger partial charge in [-0.05, 0) is 126 Å². The third kappa shape index (κ3) is 23.3. The van der Waals surface area contributed by atoms with Gasteiger partial charge in [-0.25, -0.2) is 22.5 Å². The van der Waals surface area contributed by atoms with Gasteiger partial charge in [-0.15, -0.1) is 11.6 Å². The van der Waals surface area contributed by atoms with Crippen molar-refractivity contribution in [3.05, 3.63) is 135 Å². The molecule has 1 fully saturated rings. The number of sulfone groups is 1. The van der Waals surface area contributed by atoms with Crippen molar-refractivity contribution in [1.82, 2.24) is 5.16 Å². The number of methoxy groups -OCH3 is 1. The summed E-state index contributed by atoms with van der Waals surface area (Å²) >= 11 is 23.0. The predicted molar refractivity (Wildman–Crippen MR) is 367 cm³/mol. The first-order valence-corrected chi connectivity index (χ1v) is 37.3. The van der Waals surface area contributed by atoms with Crippen LogP contribution in [0.5, 0.6) is 11.5 Å². The van der Waals surface area contributed by atoms with Gasteiger partial charge in [0.05, 0.1) is 69.6 Å². The van der Waals surface area contributed by atoms with Crippen LogP contribution in [0.25, 0.3) is 0 Å². The van der Waals surface area contributed by atoms with Gasteiger partial charge in [0, 0.05) is 54.9 Å². The lowest BCUT2D eigenvalue weighted by molar-refractivity contribution is -0.146. The lowest BCUT2D eigenvalue weighted by Crippen LogP contribution is -2.47. The molecule has 4 atom stereocenters. The van der Waals surface area contributed by atoms with E-state index in [1.54, 1.807) is 16.9 Å². The van der Waals surface area contributed by atoms with Crippen molar-refractivity contribution < 1.29 is 97.6 Å². The highest BCUT2D eigenvalue weighted by Gasteiger charge is 2.42. The number of carboxylic acids is 1. The van der Waals surface area contributed by atoms with Crippen molar-refractivity contribution in [3.63, 3.8) is 0 Å². The maximum Gasteiger partial charge on any atom is 0.416 e. The van der Waals surface area contributed by atoms with Gasteiger partial charge in [0.15, 0.2) is 40.2 Å². The second-order valence-corrected chi connectivity index (χ2v) is 29.8. The number of ketones is 1. The van der Waals surface area contributed by atoms with Crippen molar-refractivity contribution >= 4 is 122 Å². The Kier molecular flexibility index (Phi) is 31.5. The van der Waals surface area contributed by atoms with Crippen molar-refractivity contribution in [3.8, 4) is 11.5 Å². The van der Waals surface area contributed by atoms with Gasteiger partial charge in [-0.3, -0.25) is 33.3 Å². The molecular formula is C67H80Cl4F4N5O17PS. The van der Waals surface area contributed by atoms with Crippen molar-refractivity contribution in [2.24, 2.45) is 5.73 Å². The molecule has 0 saturated heterocycles. The van der Waals surface area contributed by atoms with Crippen LogP contribution in [-0.2, 0) is 65.2 Å². The summed E-state index contributed by atoms with van der Waals surface area (Å²) in [6.07, 6.45) is 5.13. The smallest absolute Gasteiger partial charge is 0.416 e. The van der Waals surface area contributed by atoms with E-state index in [1.807, 2.05) is 64.1 Å². The summed E-state index contributed by atoms with van der Waals surface area (Å²) in [6.45, 7) is 12.0. The van der Waals surface area contributed by atoms with Crippen LogP contribution < -0.4 is 29.9 Å². The number of unbranched alkanes of at least 4 members (excludes halogenated alkanes) is 2. The summed E-state index contributed by atoms with van der Waals surface area (Å²) in [5, 5.41) is 11.8. The van der Waals surface area contributed by atoms with Gasteiger partial charge in [0.25, 0.3) is 17.7 Å². The third-order valence-electron chi connectivity index (χ3n) is 15.5. The van der Waals surface area contributed by atoms with Gasteiger partial charge in [0.1, 0.15) is 35.8 Å². The minimum absolute atomic E-state index is 0.000883. The maximum absolute atomic E-state index is 14.5. The van der Waals surface area contributed by atoms with Crippen LogP contribution in [0.1, 0.15) is 136 Å². The number of amides is 4. The standard InChI is InChI=1S/C21H23ClFNO5.C15H22ClNO2.C15H12F3NO4S.C11H11Cl2NO2.C5H12NO4P/c1-2-3-6-9-28-19(25)12-29-18-11-17(16(23)10-15(18)22)24-20(26)13-7-4-5-8-14(13)21(24)27;1-5-13-8-6-7-11(2)15(13)17(14(18)9-16)12(3)10-19-4;1-24(21,22)12-6-9(15(16,17)18)4-5-10(12)13(20)11-7-19-23-14(11)8-2-3-8;1-7-6-16-9-5-3-2-4-8(9)14(7)11(15)10(12)13;1-11(9,10)3-2-4(6)5(7)8/h10-11H,2-9,12H2,1H3;6-8,12H,5,9-10H2,1-4H3;4-8H,2-3H2,1H3;2-5,7,10H,6H2,1H3;4H,2-3,6H2,1H3,(H,7,8)(H,9,10). The Morgan fingerprint density at radius 2 is 1.59 bits per heavy atom. The van der Waals surface area contributed by atoms with Crippen LogP contribution in [0.4, 0.5) is 34.6 Å². The molecule has 0 bridgehead atoms. The minimum Gasteiger partial charge on any atom is -0.489 e. The molecular weight excluding hydrogens is 1430 g/mol. The topological polar surface area (TPSA) is 310 Å². The lowest BCUT2D eigenvalue weighted by atomic mass is 9.93. The Morgan fingerprint density at radius 1 is 0.939 bits per heavy atom. The van der Waals surface area contributed by atoms with Crippen molar-refractivity contribution in [2.45, 2.75) is 145 Å². The largest absolute Gasteiger partial charge is 0.489 e. The Labute approximate surface area is 591 Å². The van der Waals surface area contributed by atoms with Gasteiger partial charge >= 0.3 is 18.1 Å². The molecule has 4 amide bonds. The molecule has 2 aliphatic heterocycles. The molecule has 4 aliphatic rings. The molecule has 3 heterocycles. The summed E-state index contributed by atoms with van der Waals surface area (Å²) in [6, 6.07) is 16.5. The number of anilines is 3. The maximum atomic E-state index is 14.5. The first-order valence-electron chi connectivity index (χ1n) is 31.4. The van der Waals surface area contributed by atoms with Gasteiger partial charge in [0.2, 0.25) is 5.91 Å². The number of nitrogens with two attached hydrogens (primary N) is 1. The van der Waals surface area contributed by atoms with Crippen molar-refractivity contribution in [1.29, 1.82) is 0 Å².